The van der Waals surface area contributed by atoms with Crippen molar-refractivity contribution in [2.75, 3.05) is 0 Å². The van der Waals surface area contributed by atoms with Crippen molar-refractivity contribution in [2.45, 2.75) is 0 Å². The molecule has 0 bridgehead atoms. The lowest BCUT2D eigenvalue weighted by Crippen LogP contribution is -2.20. The first kappa shape index (κ1) is 6.22. The Morgan fingerprint density at radius 3 is 2.73 bits per heavy atom. The normalized spacial score (nSPS) is 13.7. The van der Waals surface area contributed by atoms with E-state index in [-0.39, 0.29) is 0 Å². The average Bonchev–Trinajstić information content (AvgIpc) is 2.27. The van der Waals surface area contributed by atoms with Gasteiger partial charge in [-0.1, -0.05) is 6.07 Å². The van der Waals surface area contributed by atoms with Gasteiger partial charge in [-0.3, -0.25) is 0 Å². The van der Waals surface area contributed by atoms with Crippen LogP contribution in [0.25, 0.3) is 0 Å². The van der Waals surface area contributed by atoms with Gasteiger partial charge in [0.25, 0.3) is 0 Å². The molecular formula is C8H5N2O. The van der Waals surface area contributed by atoms with E-state index in [0.29, 0.717) is 10.7 Å². The average molecular weight is 145 g/mol. The van der Waals surface area contributed by atoms with Crippen molar-refractivity contribution in [2.24, 2.45) is 9.98 Å². The van der Waals surface area contributed by atoms with E-state index in [9.17, 15) is 4.79 Å². The summed E-state index contributed by atoms with van der Waals surface area (Å²) in [5, 5.41) is 1.27. The molecule has 1 aromatic carbocycles. The zero-order valence-corrected chi connectivity index (χ0v) is 5.74. The second kappa shape index (κ2) is 1.99. The van der Waals surface area contributed by atoms with E-state index >= 15 is 0 Å². The standard InChI is InChI=1S/C8H5N2O/c1-5-2-3-6-7(4-5)10-8(11)9-6/h2-4H,1H2. The van der Waals surface area contributed by atoms with E-state index in [1.807, 2.05) is 0 Å². The lowest BCUT2D eigenvalue weighted by molar-refractivity contribution is 0.256. The molecule has 1 aliphatic heterocycles. The third-order valence-corrected chi connectivity index (χ3v) is 1.47. The monoisotopic (exact) mass is 145 g/mol. The van der Waals surface area contributed by atoms with Crippen LogP contribution in [-0.2, 0) is 0 Å². The van der Waals surface area contributed by atoms with Crippen LogP contribution in [0.4, 0.5) is 4.79 Å². The topological polar surface area (TPSA) is 41.8 Å². The van der Waals surface area contributed by atoms with E-state index in [2.05, 4.69) is 16.9 Å². The van der Waals surface area contributed by atoms with Gasteiger partial charge in [0.15, 0.2) is 0 Å². The van der Waals surface area contributed by atoms with Crippen molar-refractivity contribution < 1.29 is 4.79 Å². The van der Waals surface area contributed by atoms with Crippen LogP contribution in [0.3, 0.4) is 0 Å². The van der Waals surface area contributed by atoms with E-state index in [1.54, 1.807) is 18.2 Å². The Morgan fingerprint density at radius 2 is 1.91 bits per heavy atom. The molecule has 0 N–H and O–H groups in total. The molecule has 0 saturated heterocycles. The largest absolute Gasteiger partial charge is 0.368 e. The Labute approximate surface area is 63.1 Å². The van der Waals surface area contributed by atoms with Gasteiger partial charge >= 0.3 is 6.03 Å². The van der Waals surface area contributed by atoms with Gasteiger partial charge in [0.05, 0.1) is 10.7 Å². The third-order valence-electron chi connectivity index (χ3n) is 1.47. The van der Waals surface area contributed by atoms with E-state index < -0.39 is 6.03 Å². The molecule has 2 rings (SSSR count). The van der Waals surface area contributed by atoms with Crippen LogP contribution < -0.4 is 10.7 Å². The van der Waals surface area contributed by atoms with Crippen molar-refractivity contribution >= 4 is 6.03 Å². The third kappa shape index (κ3) is 0.941. The second-order valence-corrected chi connectivity index (χ2v) is 2.33. The molecule has 2 amide bonds. The Morgan fingerprint density at radius 1 is 1.18 bits per heavy atom. The van der Waals surface area contributed by atoms with Crippen LogP contribution in [-0.4, -0.2) is 6.03 Å². The van der Waals surface area contributed by atoms with Crippen LogP contribution in [0, 0.1) is 6.92 Å². The molecule has 11 heavy (non-hydrogen) atoms. The fourth-order valence-electron chi connectivity index (χ4n) is 0.984. The molecular weight excluding hydrogens is 140 g/mol. The Balaban J connectivity index is 2.89. The molecule has 3 nitrogen and oxygen atoms in total. The molecule has 0 unspecified atom stereocenters. The molecule has 0 aromatic heterocycles. The summed E-state index contributed by atoms with van der Waals surface area (Å²) in [4.78, 5) is 18.0. The number of hydrogen-bond acceptors (Lipinski definition) is 1. The van der Waals surface area contributed by atoms with Crippen molar-refractivity contribution in [1.82, 2.24) is 0 Å². The van der Waals surface area contributed by atoms with Crippen LogP contribution in [0.5, 0.6) is 0 Å². The number of amides is 2. The maximum absolute atomic E-state index is 10.7. The molecule has 0 aliphatic carbocycles. The summed E-state index contributed by atoms with van der Waals surface area (Å²) in [6.07, 6.45) is 0. The Hall–Kier alpha value is -1.51. The molecule has 1 heterocycles. The fourth-order valence-corrected chi connectivity index (χ4v) is 0.984. The van der Waals surface area contributed by atoms with Crippen LogP contribution in [0.2, 0.25) is 0 Å². The number of carbonyl (C=O) groups excluding carboxylic acids is 1. The number of urea groups is 1. The lowest BCUT2D eigenvalue weighted by Gasteiger charge is -1.84. The highest BCUT2D eigenvalue weighted by Crippen LogP contribution is 1.89. The van der Waals surface area contributed by atoms with Gasteiger partial charge in [-0.25, -0.2) is 4.79 Å². The highest BCUT2D eigenvalue weighted by atomic mass is 16.2. The summed E-state index contributed by atoms with van der Waals surface area (Å²) in [6.45, 7) is 3.71. The molecule has 0 saturated carbocycles. The second-order valence-electron chi connectivity index (χ2n) is 2.33. The number of carbonyl (C=O) groups is 1. The first-order valence-electron chi connectivity index (χ1n) is 3.19. The van der Waals surface area contributed by atoms with Gasteiger partial charge < -0.3 is 0 Å². The van der Waals surface area contributed by atoms with Crippen molar-refractivity contribution in [1.29, 1.82) is 0 Å². The van der Waals surface area contributed by atoms with Crippen molar-refractivity contribution in [3.8, 4) is 0 Å². The van der Waals surface area contributed by atoms with E-state index in [4.69, 9.17) is 0 Å². The molecule has 1 aromatic rings. The zero-order chi connectivity index (χ0) is 7.84. The van der Waals surface area contributed by atoms with Crippen LogP contribution in [0.1, 0.15) is 5.56 Å². The predicted octanol–water partition coefficient (Wildman–Crippen LogP) is 0.242. The van der Waals surface area contributed by atoms with Crippen molar-refractivity contribution in [3.63, 3.8) is 0 Å². The summed E-state index contributed by atoms with van der Waals surface area (Å²) < 4.78 is 0. The quantitative estimate of drug-likeness (QED) is 0.515. The Bertz CT molecular complexity index is 434. The number of fused-ring (bicyclic) bond motifs is 1. The summed E-state index contributed by atoms with van der Waals surface area (Å²) in [6, 6.07) is 4.86. The first-order chi connectivity index (χ1) is 5.25. The number of nitrogens with zero attached hydrogens (tertiary/aromatic N) is 2. The maximum atomic E-state index is 10.7. The van der Waals surface area contributed by atoms with Gasteiger partial charge in [0, 0.05) is 0 Å². The van der Waals surface area contributed by atoms with Gasteiger partial charge in [0.1, 0.15) is 0 Å². The summed E-state index contributed by atoms with van der Waals surface area (Å²) >= 11 is 0. The van der Waals surface area contributed by atoms with Gasteiger partial charge in [0.2, 0.25) is 0 Å². The SMILES string of the molecule is [CH2]c1ccc2c(c1)=NC(=O)N=2. The smallest absolute Gasteiger partial charge is 0.244 e. The molecule has 53 valence electrons. The zero-order valence-electron chi connectivity index (χ0n) is 5.74. The summed E-state index contributed by atoms with van der Waals surface area (Å²) in [7, 11) is 0. The number of rotatable bonds is 0. The first-order valence-corrected chi connectivity index (χ1v) is 3.19. The molecule has 0 fully saturated rings. The Kier molecular flexibility index (Phi) is 1.12. The molecule has 0 spiro atoms. The maximum Gasteiger partial charge on any atom is 0.368 e. The minimum atomic E-state index is -0.425. The van der Waals surface area contributed by atoms with Gasteiger partial charge in [-0.15, -0.1) is 0 Å². The van der Waals surface area contributed by atoms with Gasteiger partial charge in [-0.05, 0) is 24.6 Å². The van der Waals surface area contributed by atoms with E-state index in [1.165, 1.54) is 0 Å². The van der Waals surface area contributed by atoms with Gasteiger partial charge in [-0.2, -0.15) is 9.98 Å². The molecule has 1 aliphatic rings. The highest BCUT2D eigenvalue weighted by molar-refractivity contribution is 5.77. The van der Waals surface area contributed by atoms with Crippen molar-refractivity contribution in [3.05, 3.63) is 41.4 Å². The minimum absolute atomic E-state index is 0.425. The summed E-state index contributed by atoms with van der Waals surface area (Å²) in [5.74, 6) is 0. The highest BCUT2D eigenvalue weighted by Gasteiger charge is 2.02. The molecule has 3 heteroatoms. The number of benzene rings is 1. The minimum Gasteiger partial charge on any atom is -0.244 e. The number of hydrogen-bond donors (Lipinski definition) is 0. The van der Waals surface area contributed by atoms with Crippen LogP contribution in [0.15, 0.2) is 28.2 Å². The predicted molar refractivity (Wildman–Crippen MR) is 38.6 cm³/mol. The van der Waals surface area contributed by atoms with Crippen LogP contribution >= 0.6 is 0 Å². The molecule has 0 atom stereocenters. The van der Waals surface area contributed by atoms with E-state index in [0.717, 1.165) is 5.56 Å². The fraction of sp³-hybridized carbons (Fsp3) is 0. The summed E-state index contributed by atoms with van der Waals surface area (Å²) in [5.41, 5.74) is 0.845. The molecule has 1 radical (unpaired) electrons. The lowest BCUT2D eigenvalue weighted by atomic mass is 10.2.